The van der Waals surface area contributed by atoms with Crippen molar-refractivity contribution in [3.05, 3.63) is 29.6 Å². The monoisotopic (exact) mass is 289 g/mol. The lowest BCUT2D eigenvalue weighted by Crippen LogP contribution is -2.61. The summed E-state index contributed by atoms with van der Waals surface area (Å²) in [7, 11) is 0. The van der Waals surface area contributed by atoms with Gasteiger partial charge in [0.05, 0.1) is 29.7 Å². The average Bonchev–Trinajstić information content (AvgIpc) is 2.79. The van der Waals surface area contributed by atoms with Gasteiger partial charge in [0, 0.05) is 6.54 Å². The number of fused-ring (bicyclic) bond motifs is 5. The second kappa shape index (κ2) is 4.03. The predicted molar refractivity (Wildman–Crippen MR) is 72.0 cm³/mol. The quantitative estimate of drug-likeness (QED) is 0.827. The Kier molecular flexibility index (Phi) is 2.36. The first-order chi connectivity index (χ1) is 10.1. The molecule has 1 aromatic carbocycles. The smallest absolute Gasteiger partial charge is 0.330 e. The standard InChI is InChI=1S/C14H12FN3O3/c15-7-1-2-9-8(5-7)13(19)17-4-3-10(17)12-11(14(20)21)16-6-18(9)12/h1-2,5-6,10-12H,3-4H2,(H,20,21)/t10?,11-,12?/m0/s1. The van der Waals surface area contributed by atoms with Gasteiger partial charge in [0.1, 0.15) is 5.82 Å². The zero-order valence-electron chi connectivity index (χ0n) is 10.9. The lowest BCUT2D eigenvalue weighted by Gasteiger charge is -2.44. The summed E-state index contributed by atoms with van der Waals surface area (Å²) in [6.07, 6.45) is 2.19. The molecule has 0 aromatic heterocycles. The first-order valence-electron chi connectivity index (χ1n) is 6.73. The molecule has 108 valence electrons. The number of aliphatic imine (C=N–C) groups is 1. The molecule has 0 spiro atoms. The van der Waals surface area contributed by atoms with Crippen molar-refractivity contribution in [2.75, 3.05) is 11.4 Å². The fourth-order valence-corrected chi connectivity index (χ4v) is 3.36. The van der Waals surface area contributed by atoms with E-state index in [0.29, 0.717) is 12.2 Å². The van der Waals surface area contributed by atoms with Crippen molar-refractivity contribution in [3.63, 3.8) is 0 Å². The van der Waals surface area contributed by atoms with E-state index >= 15 is 0 Å². The van der Waals surface area contributed by atoms with Gasteiger partial charge in [0.2, 0.25) is 0 Å². The van der Waals surface area contributed by atoms with Crippen LogP contribution in [0, 0.1) is 5.82 Å². The Morgan fingerprint density at radius 3 is 2.90 bits per heavy atom. The third-order valence-corrected chi connectivity index (χ3v) is 4.44. The molecule has 7 heteroatoms. The lowest BCUT2D eigenvalue weighted by molar-refractivity contribution is -0.139. The Labute approximate surface area is 119 Å². The maximum atomic E-state index is 13.5. The molecule has 3 atom stereocenters. The molecule has 1 saturated heterocycles. The van der Waals surface area contributed by atoms with Crippen molar-refractivity contribution in [1.82, 2.24) is 4.90 Å². The number of carboxylic acid groups (broad SMARTS) is 1. The Morgan fingerprint density at radius 2 is 2.24 bits per heavy atom. The van der Waals surface area contributed by atoms with Crippen LogP contribution in [0.25, 0.3) is 0 Å². The molecule has 3 heterocycles. The molecule has 3 aliphatic heterocycles. The number of nitrogens with zero attached hydrogens (tertiary/aromatic N) is 3. The molecule has 0 aliphatic carbocycles. The number of carbonyl (C=O) groups is 2. The van der Waals surface area contributed by atoms with Gasteiger partial charge in [-0.3, -0.25) is 9.79 Å². The van der Waals surface area contributed by atoms with Crippen molar-refractivity contribution in [1.29, 1.82) is 0 Å². The number of amides is 1. The summed E-state index contributed by atoms with van der Waals surface area (Å²) in [5.74, 6) is -1.74. The van der Waals surface area contributed by atoms with Crippen LogP contribution in [0.3, 0.4) is 0 Å². The fourth-order valence-electron chi connectivity index (χ4n) is 3.36. The maximum absolute atomic E-state index is 13.5. The van der Waals surface area contributed by atoms with E-state index in [-0.39, 0.29) is 17.5 Å². The highest BCUT2D eigenvalue weighted by Gasteiger charge is 2.51. The summed E-state index contributed by atoms with van der Waals surface area (Å²) < 4.78 is 13.5. The molecule has 6 nitrogen and oxygen atoms in total. The molecule has 1 fully saturated rings. The van der Waals surface area contributed by atoms with E-state index in [1.165, 1.54) is 24.5 Å². The van der Waals surface area contributed by atoms with Gasteiger partial charge in [-0.1, -0.05) is 0 Å². The van der Waals surface area contributed by atoms with Gasteiger partial charge in [-0.25, -0.2) is 9.18 Å². The number of anilines is 1. The SMILES string of the molecule is O=C(O)[C@H]1N=CN2c3ccc(F)cc3C(=O)N3CCC3C12. The van der Waals surface area contributed by atoms with Crippen LogP contribution >= 0.6 is 0 Å². The molecule has 21 heavy (non-hydrogen) atoms. The van der Waals surface area contributed by atoms with E-state index in [2.05, 4.69) is 4.99 Å². The summed E-state index contributed by atoms with van der Waals surface area (Å²) in [5, 5.41) is 9.33. The molecule has 4 rings (SSSR count). The lowest BCUT2D eigenvalue weighted by atomic mass is 9.90. The van der Waals surface area contributed by atoms with Crippen molar-refractivity contribution >= 4 is 23.9 Å². The number of benzene rings is 1. The molecule has 0 bridgehead atoms. The first kappa shape index (κ1) is 12.3. The predicted octanol–water partition coefficient (Wildman–Crippen LogP) is 0.724. The molecule has 0 saturated carbocycles. The van der Waals surface area contributed by atoms with Crippen LogP contribution in [-0.2, 0) is 4.79 Å². The summed E-state index contributed by atoms with van der Waals surface area (Å²) >= 11 is 0. The normalized spacial score (nSPS) is 29.4. The third-order valence-electron chi connectivity index (χ3n) is 4.44. The minimum absolute atomic E-state index is 0.198. The summed E-state index contributed by atoms with van der Waals surface area (Å²) in [5.41, 5.74) is 0.785. The Morgan fingerprint density at radius 1 is 1.43 bits per heavy atom. The van der Waals surface area contributed by atoms with E-state index in [4.69, 9.17) is 0 Å². The molecular formula is C14H12FN3O3. The van der Waals surface area contributed by atoms with Gasteiger partial charge in [-0.2, -0.15) is 0 Å². The fraction of sp³-hybridized carbons (Fsp3) is 0.357. The van der Waals surface area contributed by atoms with Gasteiger partial charge in [0.15, 0.2) is 6.04 Å². The van der Waals surface area contributed by atoms with Crippen LogP contribution in [0.4, 0.5) is 10.1 Å². The highest BCUT2D eigenvalue weighted by atomic mass is 19.1. The number of hydrogen-bond acceptors (Lipinski definition) is 4. The van der Waals surface area contributed by atoms with E-state index < -0.39 is 23.9 Å². The Balaban J connectivity index is 1.88. The van der Waals surface area contributed by atoms with Crippen LogP contribution in [-0.4, -0.2) is 52.9 Å². The summed E-state index contributed by atoms with van der Waals surface area (Å²) in [6.45, 7) is 0.566. The molecular weight excluding hydrogens is 277 g/mol. The second-order valence-corrected chi connectivity index (χ2v) is 5.46. The first-order valence-corrected chi connectivity index (χ1v) is 6.73. The van der Waals surface area contributed by atoms with Gasteiger partial charge >= 0.3 is 5.97 Å². The van der Waals surface area contributed by atoms with E-state index in [9.17, 15) is 19.1 Å². The van der Waals surface area contributed by atoms with E-state index in [1.807, 2.05) is 0 Å². The Hall–Kier alpha value is -2.44. The van der Waals surface area contributed by atoms with Gasteiger partial charge in [-0.05, 0) is 24.6 Å². The third kappa shape index (κ3) is 1.54. The van der Waals surface area contributed by atoms with Gasteiger partial charge in [-0.15, -0.1) is 0 Å². The summed E-state index contributed by atoms with van der Waals surface area (Å²) in [4.78, 5) is 31.3. The van der Waals surface area contributed by atoms with Crippen molar-refractivity contribution in [3.8, 4) is 0 Å². The van der Waals surface area contributed by atoms with E-state index in [1.54, 1.807) is 9.80 Å². The minimum atomic E-state index is -1.01. The molecule has 2 unspecified atom stereocenters. The van der Waals surface area contributed by atoms with Crippen molar-refractivity contribution in [2.45, 2.75) is 24.5 Å². The number of halogens is 1. The van der Waals surface area contributed by atoms with Crippen molar-refractivity contribution in [2.24, 2.45) is 4.99 Å². The highest BCUT2D eigenvalue weighted by Crippen LogP contribution is 2.39. The summed E-state index contributed by atoms with van der Waals surface area (Å²) in [6, 6.07) is 2.47. The molecule has 3 aliphatic rings. The number of aliphatic carboxylic acids is 1. The van der Waals surface area contributed by atoms with Crippen LogP contribution in [0.15, 0.2) is 23.2 Å². The highest BCUT2D eigenvalue weighted by molar-refractivity contribution is 6.05. The van der Waals surface area contributed by atoms with E-state index in [0.717, 1.165) is 6.42 Å². The second-order valence-electron chi connectivity index (χ2n) is 5.46. The number of carboxylic acids is 1. The molecule has 1 aromatic rings. The topological polar surface area (TPSA) is 73.2 Å². The van der Waals surface area contributed by atoms with Crippen molar-refractivity contribution < 1.29 is 19.1 Å². The molecule has 0 radical (unpaired) electrons. The van der Waals surface area contributed by atoms with Crippen LogP contribution in [0.1, 0.15) is 16.8 Å². The largest absolute Gasteiger partial charge is 0.480 e. The van der Waals surface area contributed by atoms with Crippen LogP contribution < -0.4 is 4.90 Å². The zero-order valence-corrected chi connectivity index (χ0v) is 10.9. The minimum Gasteiger partial charge on any atom is -0.480 e. The maximum Gasteiger partial charge on any atom is 0.330 e. The Bertz CT molecular complexity index is 690. The van der Waals surface area contributed by atoms with Crippen LogP contribution in [0.2, 0.25) is 0 Å². The number of rotatable bonds is 1. The molecule has 1 amide bonds. The zero-order chi connectivity index (χ0) is 14.7. The molecule has 1 N–H and O–H groups in total. The average molecular weight is 289 g/mol. The van der Waals surface area contributed by atoms with Crippen LogP contribution in [0.5, 0.6) is 0 Å². The van der Waals surface area contributed by atoms with Gasteiger partial charge < -0.3 is 14.9 Å². The van der Waals surface area contributed by atoms with Gasteiger partial charge in [0.25, 0.3) is 5.91 Å². The number of hydrogen-bond donors (Lipinski definition) is 1. The number of carbonyl (C=O) groups excluding carboxylic acids is 1.